The van der Waals surface area contributed by atoms with E-state index in [2.05, 4.69) is 4.98 Å². The minimum Gasteiger partial charge on any atom is -0.308 e. The summed E-state index contributed by atoms with van der Waals surface area (Å²) in [4.78, 5) is 22.4. The van der Waals surface area contributed by atoms with E-state index in [4.69, 9.17) is 0 Å². The molecule has 0 saturated carbocycles. The van der Waals surface area contributed by atoms with Crippen LogP contribution >= 0.6 is 35.5 Å². The van der Waals surface area contributed by atoms with Gasteiger partial charge in [0.15, 0.2) is 5.13 Å². The molecule has 0 aliphatic carbocycles. The van der Waals surface area contributed by atoms with E-state index in [1.54, 1.807) is 22.7 Å². The lowest BCUT2D eigenvalue weighted by atomic mass is 10.2. The average molecular weight is 426 g/mol. The molecule has 4 nitrogen and oxygen atoms in total. The summed E-state index contributed by atoms with van der Waals surface area (Å²) < 4.78 is 14.2. The summed E-state index contributed by atoms with van der Waals surface area (Å²) in [5.74, 6) is -0.398. The summed E-state index contributed by atoms with van der Waals surface area (Å²) in [6.45, 7) is 1.22. The third-order valence-corrected chi connectivity index (χ3v) is 5.71. The van der Waals surface area contributed by atoms with Crippen LogP contribution in [0.2, 0.25) is 0 Å². The van der Waals surface area contributed by atoms with Crippen LogP contribution in [0.15, 0.2) is 47.4 Å². The number of rotatable bonds is 6. The predicted octanol–water partition coefficient (Wildman–Crippen LogP) is 4.79. The highest BCUT2D eigenvalue weighted by atomic mass is 35.5. The fourth-order valence-corrected chi connectivity index (χ4v) is 3.90. The minimum absolute atomic E-state index is 0. The highest BCUT2D eigenvalue weighted by Gasteiger charge is 2.21. The van der Waals surface area contributed by atoms with Gasteiger partial charge in [0.05, 0.1) is 10.2 Å². The van der Waals surface area contributed by atoms with Gasteiger partial charge in [-0.1, -0.05) is 11.3 Å². The highest BCUT2D eigenvalue weighted by molar-refractivity contribution is 7.98. The number of hydrogen-bond acceptors (Lipinski definition) is 5. The predicted molar refractivity (Wildman–Crippen MR) is 115 cm³/mol. The van der Waals surface area contributed by atoms with Crippen molar-refractivity contribution in [2.24, 2.45) is 0 Å². The lowest BCUT2D eigenvalue weighted by molar-refractivity contribution is 0.0985. The molecule has 27 heavy (non-hydrogen) atoms. The molecular weight excluding hydrogens is 405 g/mol. The molecule has 0 unspecified atom stereocenters. The largest absolute Gasteiger partial charge is 0.308 e. The number of hydrogen-bond donors (Lipinski definition) is 0. The molecule has 1 aromatic heterocycles. The van der Waals surface area contributed by atoms with Crippen LogP contribution in [-0.4, -0.2) is 49.2 Å². The Morgan fingerprint density at radius 1 is 1.15 bits per heavy atom. The van der Waals surface area contributed by atoms with Crippen molar-refractivity contribution in [2.75, 3.05) is 38.3 Å². The Hall–Kier alpha value is -1.67. The van der Waals surface area contributed by atoms with Crippen molar-refractivity contribution in [3.63, 3.8) is 0 Å². The second-order valence-corrected chi connectivity index (χ2v) is 7.99. The van der Waals surface area contributed by atoms with Gasteiger partial charge in [0.2, 0.25) is 0 Å². The van der Waals surface area contributed by atoms with Gasteiger partial charge in [-0.2, -0.15) is 0 Å². The maximum absolute atomic E-state index is 13.5. The molecule has 1 heterocycles. The van der Waals surface area contributed by atoms with Crippen molar-refractivity contribution in [1.82, 2.24) is 9.88 Å². The summed E-state index contributed by atoms with van der Waals surface area (Å²) in [5.41, 5.74) is 1.32. The van der Waals surface area contributed by atoms with Crippen molar-refractivity contribution in [3.05, 3.63) is 53.8 Å². The third-order valence-electron chi connectivity index (χ3n) is 3.92. The minimum atomic E-state index is -0.300. The zero-order valence-electron chi connectivity index (χ0n) is 15.3. The van der Waals surface area contributed by atoms with E-state index in [0.717, 1.165) is 9.60 Å². The first kappa shape index (κ1) is 21.6. The Morgan fingerprint density at radius 3 is 2.48 bits per heavy atom. The van der Waals surface area contributed by atoms with Crippen LogP contribution in [0.1, 0.15) is 10.4 Å². The van der Waals surface area contributed by atoms with Gasteiger partial charge in [-0.15, -0.1) is 24.2 Å². The molecule has 2 aromatic carbocycles. The standard InChI is InChI=1S/C19H20FN3OS2.ClH/c1-22(2)10-11-23(18(24)13-4-7-15(25-3)8-5-13)19-21-16-9-6-14(20)12-17(16)26-19;/h4-9,12H,10-11H2,1-3H3;1H. The lowest BCUT2D eigenvalue weighted by Crippen LogP contribution is -2.36. The Kier molecular flexibility index (Phi) is 7.61. The number of aromatic nitrogens is 1. The number of amides is 1. The summed E-state index contributed by atoms with van der Waals surface area (Å²) in [7, 11) is 3.92. The van der Waals surface area contributed by atoms with E-state index in [1.165, 1.54) is 23.5 Å². The van der Waals surface area contributed by atoms with Crippen LogP contribution in [0, 0.1) is 5.82 Å². The number of halogens is 2. The number of fused-ring (bicyclic) bond motifs is 1. The summed E-state index contributed by atoms with van der Waals surface area (Å²) in [5, 5.41) is 0.589. The van der Waals surface area contributed by atoms with Gasteiger partial charge in [-0.3, -0.25) is 9.69 Å². The summed E-state index contributed by atoms with van der Waals surface area (Å²) in [6, 6.07) is 12.0. The molecule has 0 saturated heterocycles. The normalized spacial score (nSPS) is 10.9. The molecule has 0 bridgehead atoms. The zero-order valence-corrected chi connectivity index (χ0v) is 17.8. The van der Waals surface area contributed by atoms with Crippen LogP contribution in [0.25, 0.3) is 10.2 Å². The van der Waals surface area contributed by atoms with E-state index in [0.29, 0.717) is 29.3 Å². The SMILES string of the molecule is CSc1ccc(C(=O)N(CCN(C)C)c2nc3ccc(F)cc3s2)cc1.Cl. The Labute approximate surface area is 172 Å². The molecular formula is C19H21ClFN3OS2. The van der Waals surface area contributed by atoms with Crippen LogP contribution in [-0.2, 0) is 0 Å². The number of thioether (sulfide) groups is 1. The van der Waals surface area contributed by atoms with Gasteiger partial charge >= 0.3 is 0 Å². The second-order valence-electron chi connectivity index (χ2n) is 6.10. The Bertz CT molecular complexity index is 915. The van der Waals surface area contributed by atoms with Crippen molar-refractivity contribution in [2.45, 2.75) is 4.90 Å². The molecule has 8 heteroatoms. The zero-order chi connectivity index (χ0) is 18.7. The molecule has 1 amide bonds. The highest BCUT2D eigenvalue weighted by Crippen LogP contribution is 2.30. The average Bonchev–Trinajstić information content (AvgIpc) is 3.04. The third kappa shape index (κ3) is 5.19. The van der Waals surface area contributed by atoms with Crippen LogP contribution in [0.4, 0.5) is 9.52 Å². The lowest BCUT2D eigenvalue weighted by Gasteiger charge is -2.22. The van der Waals surface area contributed by atoms with Crippen LogP contribution < -0.4 is 4.90 Å². The van der Waals surface area contributed by atoms with Gasteiger partial charge in [0.1, 0.15) is 5.82 Å². The number of thiazole rings is 1. The number of nitrogens with zero attached hydrogens (tertiary/aromatic N) is 3. The first-order valence-corrected chi connectivity index (χ1v) is 10.2. The van der Waals surface area contributed by atoms with E-state index in [9.17, 15) is 9.18 Å². The number of carbonyl (C=O) groups is 1. The van der Waals surface area contributed by atoms with Gasteiger partial charge in [-0.25, -0.2) is 9.37 Å². The van der Waals surface area contributed by atoms with Crippen LogP contribution in [0.3, 0.4) is 0 Å². The van der Waals surface area contributed by atoms with E-state index in [-0.39, 0.29) is 24.1 Å². The monoisotopic (exact) mass is 425 g/mol. The van der Waals surface area contributed by atoms with Gasteiger partial charge in [0.25, 0.3) is 5.91 Å². The Balaban J connectivity index is 0.00000261. The molecule has 144 valence electrons. The quantitative estimate of drug-likeness (QED) is 0.532. The molecule has 0 atom stereocenters. The maximum Gasteiger partial charge on any atom is 0.260 e. The first-order chi connectivity index (χ1) is 12.5. The van der Waals surface area contributed by atoms with Crippen molar-refractivity contribution < 1.29 is 9.18 Å². The molecule has 0 aliphatic rings. The summed E-state index contributed by atoms with van der Waals surface area (Å²) >= 11 is 2.97. The molecule has 0 fully saturated rings. The fourth-order valence-electron chi connectivity index (χ4n) is 2.48. The molecule has 0 N–H and O–H groups in total. The van der Waals surface area contributed by atoms with Crippen molar-refractivity contribution >= 4 is 56.8 Å². The smallest absolute Gasteiger partial charge is 0.260 e. The van der Waals surface area contributed by atoms with Crippen molar-refractivity contribution in [1.29, 1.82) is 0 Å². The maximum atomic E-state index is 13.5. The van der Waals surface area contributed by atoms with Gasteiger partial charge in [-0.05, 0) is 62.8 Å². The number of anilines is 1. The van der Waals surface area contributed by atoms with E-state index < -0.39 is 0 Å². The number of carbonyl (C=O) groups excluding carboxylic acids is 1. The van der Waals surface area contributed by atoms with Gasteiger partial charge < -0.3 is 4.90 Å². The number of benzene rings is 2. The molecule has 3 rings (SSSR count). The molecule has 0 aliphatic heterocycles. The fraction of sp³-hybridized carbons (Fsp3) is 0.263. The van der Waals surface area contributed by atoms with Crippen molar-refractivity contribution in [3.8, 4) is 0 Å². The number of likely N-dealkylation sites (N-methyl/N-ethyl adjacent to an activating group) is 1. The molecule has 0 radical (unpaired) electrons. The topological polar surface area (TPSA) is 36.4 Å². The second kappa shape index (κ2) is 9.50. The van der Waals surface area contributed by atoms with E-state index in [1.807, 2.05) is 49.5 Å². The summed E-state index contributed by atoms with van der Waals surface area (Å²) in [6.07, 6.45) is 2.00. The van der Waals surface area contributed by atoms with E-state index >= 15 is 0 Å². The first-order valence-electron chi connectivity index (χ1n) is 8.14. The molecule has 0 spiro atoms. The van der Waals surface area contributed by atoms with Gasteiger partial charge in [0, 0.05) is 23.5 Å². The van der Waals surface area contributed by atoms with Crippen LogP contribution in [0.5, 0.6) is 0 Å². The molecule has 3 aromatic rings. The Morgan fingerprint density at radius 2 is 1.85 bits per heavy atom.